The van der Waals surface area contributed by atoms with Crippen LogP contribution in [0.1, 0.15) is 31.8 Å². The summed E-state index contributed by atoms with van der Waals surface area (Å²) in [7, 11) is 3.04. The standard InChI is InChI=1S/C25H18O6/c1-29-17-11-7-15(8-12-17)23(26)21-19-5-3-4-6-20(19)31-25(28)22(21)24(27)16-9-13-18(30-2)14-10-16/h3-14H,1-2H3. The fraction of sp³-hybridized carbons (Fsp3) is 0.0800. The molecule has 0 aliphatic rings. The molecule has 0 atom stereocenters. The van der Waals surface area contributed by atoms with Crippen molar-refractivity contribution < 1.29 is 23.5 Å². The van der Waals surface area contributed by atoms with E-state index in [1.807, 2.05) is 0 Å². The van der Waals surface area contributed by atoms with Gasteiger partial charge in [0.05, 0.1) is 19.8 Å². The van der Waals surface area contributed by atoms with E-state index < -0.39 is 17.2 Å². The Bertz CT molecular complexity index is 1330. The predicted molar refractivity (Wildman–Crippen MR) is 115 cm³/mol. The molecule has 6 nitrogen and oxygen atoms in total. The number of ether oxygens (including phenoxy) is 2. The normalized spacial score (nSPS) is 10.6. The summed E-state index contributed by atoms with van der Waals surface area (Å²) in [6, 6.07) is 19.4. The maximum atomic E-state index is 13.5. The number of carbonyl (C=O) groups is 2. The lowest BCUT2D eigenvalue weighted by atomic mass is 9.92. The first-order chi connectivity index (χ1) is 15.0. The van der Waals surface area contributed by atoms with Crippen molar-refractivity contribution in [2.45, 2.75) is 0 Å². The molecule has 31 heavy (non-hydrogen) atoms. The van der Waals surface area contributed by atoms with Gasteiger partial charge in [-0.2, -0.15) is 0 Å². The monoisotopic (exact) mass is 414 g/mol. The van der Waals surface area contributed by atoms with Crippen molar-refractivity contribution >= 4 is 22.5 Å². The Morgan fingerprint density at radius 1 is 0.677 bits per heavy atom. The fourth-order valence-electron chi connectivity index (χ4n) is 3.37. The van der Waals surface area contributed by atoms with E-state index in [0.29, 0.717) is 22.4 Å². The maximum absolute atomic E-state index is 13.5. The van der Waals surface area contributed by atoms with E-state index >= 15 is 0 Å². The first-order valence-electron chi connectivity index (χ1n) is 9.47. The largest absolute Gasteiger partial charge is 0.497 e. The van der Waals surface area contributed by atoms with Gasteiger partial charge < -0.3 is 13.9 Å². The summed E-state index contributed by atoms with van der Waals surface area (Å²) in [6.45, 7) is 0. The van der Waals surface area contributed by atoms with E-state index in [0.717, 1.165) is 0 Å². The number of ketones is 2. The third kappa shape index (κ3) is 3.71. The van der Waals surface area contributed by atoms with Crippen LogP contribution in [0.15, 0.2) is 82.0 Å². The Hall–Kier alpha value is -4.19. The molecule has 6 heteroatoms. The second-order valence-electron chi connectivity index (χ2n) is 6.75. The number of methoxy groups -OCH3 is 2. The smallest absolute Gasteiger partial charge is 0.348 e. The van der Waals surface area contributed by atoms with Gasteiger partial charge in [-0.25, -0.2) is 4.79 Å². The molecule has 0 saturated heterocycles. The quantitative estimate of drug-likeness (QED) is 0.346. The Kier molecular flexibility index (Phi) is 5.37. The fourth-order valence-corrected chi connectivity index (χ4v) is 3.37. The van der Waals surface area contributed by atoms with E-state index in [2.05, 4.69) is 0 Å². The highest BCUT2D eigenvalue weighted by Gasteiger charge is 2.27. The van der Waals surface area contributed by atoms with Gasteiger partial charge in [0.1, 0.15) is 22.6 Å². The van der Waals surface area contributed by atoms with E-state index in [1.165, 1.54) is 26.4 Å². The van der Waals surface area contributed by atoms with Crippen LogP contribution in [0.25, 0.3) is 11.0 Å². The summed E-state index contributed by atoms with van der Waals surface area (Å²) in [5, 5.41) is 0.389. The van der Waals surface area contributed by atoms with Gasteiger partial charge in [0, 0.05) is 16.5 Å². The molecule has 0 fully saturated rings. The van der Waals surface area contributed by atoms with Gasteiger partial charge in [-0.1, -0.05) is 18.2 Å². The Morgan fingerprint density at radius 2 is 1.16 bits per heavy atom. The first-order valence-corrected chi connectivity index (χ1v) is 9.47. The maximum Gasteiger partial charge on any atom is 0.348 e. The van der Waals surface area contributed by atoms with Gasteiger partial charge in [-0.15, -0.1) is 0 Å². The average Bonchev–Trinajstić information content (AvgIpc) is 2.82. The minimum absolute atomic E-state index is 0.0119. The predicted octanol–water partition coefficient (Wildman–Crippen LogP) is 4.27. The van der Waals surface area contributed by atoms with Crippen molar-refractivity contribution in [2.24, 2.45) is 0 Å². The molecule has 0 bridgehead atoms. The number of benzene rings is 3. The molecule has 1 aromatic heterocycles. The second-order valence-corrected chi connectivity index (χ2v) is 6.75. The first kappa shape index (κ1) is 20.1. The van der Waals surface area contributed by atoms with E-state index in [-0.39, 0.29) is 22.3 Å². The molecule has 0 aliphatic heterocycles. The van der Waals surface area contributed by atoms with Crippen LogP contribution in [-0.2, 0) is 0 Å². The van der Waals surface area contributed by atoms with Gasteiger partial charge in [-0.05, 0) is 54.6 Å². The number of hydrogen-bond donors (Lipinski definition) is 0. The molecular weight excluding hydrogens is 396 g/mol. The van der Waals surface area contributed by atoms with Gasteiger partial charge in [0.15, 0.2) is 5.78 Å². The van der Waals surface area contributed by atoms with Crippen LogP contribution < -0.4 is 15.1 Å². The lowest BCUT2D eigenvalue weighted by Gasteiger charge is -2.11. The minimum atomic E-state index is -0.864. The molecule has 0 aliphatic carbocycles. The van der Waals surface area contributed by atoms with Gasteiger partial charge >= 0.3 is 5.63 Å². The Balaban J connectivity index is 1.94. The summed E-state index contributed by atoms with van der Waals surface area (Å²) >= 11 is 0. The zero-order chi connectivity index (χ0) is 22.0. The number of carbonyl (C=O) groups excluding carboxylic acids is 2. The minimum Gasteiger partial charge on any atom is -0.497 e. The van der Waals surface area contributed by atoms with Crippen LogP contribution >= 0.6 is 0 Å². The molecule has 0 unspecified atom stereocenters. The zero-order valence-corrected chi connectivity index (χ0v) is 16.9. The van der Waals surface area contributed by atoms with Crippen molar-refractivity contribution in [2.75, 3.05) is 14.2 Å². The van der Waals surface area contributed by atoms with Crippen LogP contribution in [0.4, 0.5) is 0 Å². The van der Waals surface area contributed by atoms with Gasteiger partial charge in [-0.3, -0.25) is 9.59 Å². The number of fused-ring (bicyclic) bond motifs is 1. The van der Waals surface area contributed by atoms with Gasteiger partial charge in [0.2, 0.25) is 5.78 Å². The molecule has 0 radical (unpaired) electrons. The number of rotatable bonds is 6. The summed E-state index contributed by atoms with van der Waals surface area (Å²) in [5.41, 5.74) is -0.359. The van der Waals surface area contributed by atoms with E-state index in [9.17, 15) is 14.4 Å². The van der Waals surface area contributed by atoms with Crippen LogP contribution in [0, 0.1) is 0 Å². The topological polar surface area (TPSA) is 82.8 Å². The van der Waals surface area contributed by atoms with Crippen LogP contribution in [0.5, 0.6) is 11.5 Å². The van der Waals surface area contributed by atoms with E-state index in [1.54, 1.807) is 60.7 Å². The van der Waals surface area contributed by atoms with Crippen molar-refractivity contribution in [3.8, 4) is 11.5 Å². The lowest BCUT2D eigenvalue weighted by Crippen LogP contribution is -2.21. The van der Waals surface area contributed by atoms with Crippen molar-refractivity contribution in [1.82, 2.24) is 0 Å². The number of hydrogen-bond acceptors (Lipinski definition) is 6. The average molecular weight is 414 g/mol. The molecular formula is C25H18O6. The SMILES string of the molecule is COc1ccc(C(=O)c2c(C(=O)c3ccc(OC)cc3)c3ccccc3oc2=O)cc1. The Labute approximate surface area is 177 Å². The van der Waals surface area contributed by atoms with Crippen LogP contribution in [-0.4, -0.2) is 25.8 Å². The summed E-state index contributed by atoms with van der Waals surface area (Å²) in [6.07, 6.45) is 0. The van der Waals surface area contributed by atoms with Crippen molar-refractivity contribution in [1.29, 1.82) is 0 Å². The lowest BCUT2D eigenvalue weighted by molar-refractivity contribution is 0.100. The molecule has 0 spiro atoms. The van der Waals surface area contributed by atoms with Crippen LogP contribution in [0.3, 0.4) is 0 Å². The second kappa shape index (κ2) is 8.28. The highest BCUT2D eigenvalue weighted by molar-refractivity contribution is 6.24. The molecule has 0 N–H and O–H groups in total. The van der Waals surface area contributed by atoms with Crippen molar-refractivity contribution in [3.05, 3.63) is 105 Å². The van der Waals surface area contributed by atoms with Gasteiger partial charge in [0.25, 0.3) is 0 Å². The summed E-state index contributed by atoms with van der Waals surface area (Å²) in [5.74, 6) is 0.0998. The van der Waals surface area contributed by atoms with E-state index in [4.69, 9.17) is 13.9 Å². The molecule has 0 amide bonds. The number of para-hydroxylation sites is 1. The Morgan fingerprint density at radius 3 is 1.68 bits per heavy atom. The third-order valence-corrected chi connectivity index (χ3v) is 4.97. The molecule has 1 heterocycles. The van der Waals surface area contributed by atoms with Crippen molar-refractivity contribution in [3.63, 3.8) is 0 Å². The molecule has 154 valence electrons. The molecule has 4 rings (SSSR count). The third-order valence-electron chi connectivity index (χ3n) is 4.97. The summed E-state index contributed by atoms with van der Waals surface area (Å²) < 4.78 is 15.6. The molecule has 3 aromatic carbocycles. The highest BCUT2D eigenvalue weighted by atomic mass is 16.5. The van der Waals surface area contributed by atoms with Crippen LogP contribution in [0.2, 0.25) is 0 Å². The zero-order valence-electron chi connectivity index (χ0n) is 16.9. The summed E-state index contributed by atoms with van der Waals surface area (Å²) in [4.78, 5) is 39.6. The molecule has 0 saturated carbocycles. The highest BCUT2D eigenvalue weighted by Crippen LogP contribution is 2.26. The molecule has 4 aromatic rings.